The van der Waals surface area contributed by atoms with Crippen molar-refractivity contribution in [2.45, 2.75) is 0 Å². The van der Waals surface area contributed by atoms with Gasteiger partial charge in [-0.3, -0.25) is 0 Å². The second kappa shape index (κ2) is 3.22. The van der Waals surface area contributed by atoms with E-state index in [-0.39, 0.29) is 0 Å². The van der Waals surface area contributed by atoms with Gasteiger partial charge in [0.15, 0.2) is 0 Å². The molecule has 0 aliphatic heterocycles. The zero-order valence-corrected chi connectivity index (χ0v) is 6.97. The largest absolute Gasteiger partial charge is 0.481 e. The highest BCUT2D eigenvalue weighted by Crippen LogP contribution is 2.18. The summed E-state index contributed by atoms with van der Waals surface area (Å²) in [6.45, 7) is 0. The summed E-state index contributed by atoms with van der Waals surface area (Å²) in [5.74, 6) is 0.983. The van der Waals surface area contributed by atoms with Crippen LogP contribution in [0.4, 0.5) is 0 Å². The van der Waals surface area contributed by atoms with Gasteiger partial charge in [-0.2, -0.15) is 0 Å². The SMILES string of the molecule is COc1cc(-c2nnco2)ccn1. The molecule has 0 saturated heterocycles. The number of hydrogen-bond acceptors (Lipinski definition) is 5. The highest BCUT2D eigenvalue weighted by Gasteiger charge is 2.04. The lowest BCUT2D eigenvalue weighted by atomic mass is 10.3. The number of methoxy groups -OCH3 is 1. The molecule has 0 radical (unpaired) electrons. The molecule has 2 rings (SSSR count). The van der Waals surface area contributed by atoms with Gasteiger partial charge in [0.25, 0.3) is 0 Å². The van der Waals surface area contributed by atoms with Crippen LogP contribution >= 0.6 is 0 Å². The molecule has 0 aromatic carbocycles. The van der Waals surface area contributed by atoms with Gasteiger partial charge >= 0.3 is 0 Å². The summed E-state index contributed by atoms with van der Waals surface area (Å²) in [4.78, 5) is 3.96. The molecule has 2 aromatic heterocycles. The van der Waals surface area contributed by atoms with Crippen LogP contribution in [0, 0.1) is 0 Å². The van der Waals surface area contributed by atoms with Gasteiger partial charge in [0.2, 0.25) is 18.2 Å². The maximum atomic E-state index is 5.01. The molecule has 2 heterocycles. The third kappa shape index (κ3) is 1.48. The highest BCUT2D eigenvalue weighted by atomic mass is 16.5. The molecule has 2 aromatic rings. The second-order valence-corrected chi connectivity index (χ2v) is 2.33. The predicted molar refractivity (Wildman–Crippen MR) is 44.1 cm³/mol. The normalized spacial score (nSPS) is 9.92. The van der Waals surface area contributed by atoms with Gasteiger partial charge in [0, 0.05) is 17.8 Å². The van der Waals surface area contributed by atoms with E-state index in [1.807, 2.05) is 0 Å². The van der Waals surface area contributed by atoms with E-state index in [9.17, 15) is 0 Å². The molecule has 0 fully saturated rings. The maximum Gasteiger partial charge on any atom is 0.247 e. The average molecular weight is 177 g/mol. The number of rotatable bonds is 2. The van der Waals surface area contributed by atoms with Crippen molar-refractivity contribution in [3.05, 3.63) is 24.7 Å². The van der Waals surface area contributed by atoms with Gasteiger partial charge in [0.1, 0.15) is 0 Å². The van der Waals surface area contributed by atoms with Crippen molar-refractivity contribution in [1.29, 1.82) is 0 Å². The molecule has 0 saturated carbocycles. The number of hydrogen-bond donors (Lipinski definition) is 0. The molecule has 0 amide bonds. The molecule has 0 unspecified atom stereocenters. The molecule has 0 atom stereocenters. The van der Waals surface area contributed by atoms with Crippen LogP contribution in [0.5, 0.6) is 5.88 Å². The monoisotopic (exact) mass is 177 g/mol. The second-order valence-electron chi connectivity index (χ2n) is 2.33. The fraction of sp³-hybridized carbons (Fsp3) is 0.125. The van der Waals surface area contributed by atoms with Crippen molar-refractivity contribution in [2.75, 3.05) is 7.11 Å². The third-order valence-electron chi connectivity index (χ3n) is 1.55. The van der Waals surface area contributed by atoms with Crippen LogP contribution in [-0.2, 0) is 0 Å². The lowest BCUT2D eigenvalue weighted by Gasteiger charge is -1.98. The van der Waals surface area contributed by atoms with Gasteiger partial charge in [-0.25, -0.2) is 4.98 Å². The van der Waals surface area contributed by atoms with Crippen LogP contribution < -0.4 is 4.74 Å². The lowest BCUT2D eigenvalue weighted by Crippen LogP contribution is -1.87. The van der Waals surface area contributed by atoms with Crippen LogP contribution in [0.3, 0.4) is 0 Å². The van der Waals surface area contributed by atoms with Gasteiger partial charge in [-0.05, 0) is 6.07 Å². The van der Waals surface area contributed by atoms with Gasteiger partial charge in [-0.1, -0.05) is 0 Å². The summed E-state index contributed by atoms with van der Waals surface area (Å²) in [6.07, 6.45) is 2.90. The summed E-state index contributed by atoms with van der Waals surface area (Å²) in [7, 11) is 1.56. The highest BCUT2D eigenvalue weighted by molar-refractivity contribution is 5.53. The van der Waals surface area contributed by atoms with Gasteiger partial charge in [0.05, 0.1) is 7.11 Å². The molecule has 5 heteroatoms. The maximum absolute atomic E-state index is 5.01. The Hall–Kier alpha value is -1.91. The quantitative estimate of drug-likeness (QED) is 0.688. The lowest BCUT2D eigenvalue weighted by molar-refractivity contribution is 0.398. The van der Waals surface area contributed by atoms with E-state index in [0.717, 1.165) is 5.56 Å². The molecule has 0 aliphatic rings. The third-order valence-corrected chi connectivity index (χ3v) is 1.55. The average Bonchev–Trinajstić information content (AvgIpc) is 2.71. The van der Waals surface area contributed by atoms with E-state index in [1.54, 1.807) is 25.4 Å². The zero-order chi connectivity index (χ0) is 9.10. The van der Waals surface area contributed by atoms with Crippen molar-refractivity contribution in [2.24, 2.45) is 0 Å². The summed E-state index contributed by atoms with van der Waals surface area (Å²) in [6, 6.07) is 3.50. The van der Waals surface area contributed by atoms with Crippen LogP contribution in [-0.4, -0.2) is 22.3 Å². The fourth-order valence-corrected chi connectivity index (χ4v) is 0.953. The summed E-state index contributed by atoms with van der Waals surface area (Å²) in [5.41, 5.74) is 0.796. The van der Waals surface area contributed by atoms with E-state index in [4.69, 9.17) is 9.15 Å². The molecule has 5 nitrogen and oxygen atoms in total. The molecule has 0 bridgehead atoms. The van der Waals surface area contributed by atoms with Crippen molar-refractivity contribution in [3.63, 3.8) is 0 Å². The smallest absolute Gasteiger partial charge is 0.247 e. The van der Waals surface area contributed by atoms with E-state index in [0.29, 0.717) is 11.8 Å². The van der Waals surface area contributed by atoms with E-state index in [2.05, 4.69) is 15.2 Å². The Bertz CT molecular complexity index is 386. The fourth-order valence-electron chi connectivity index (χ4n) is 0.953. The van der Waals surface area contributed by atoms with Gasteiger partial charge in [-0.15, -0.1) is 10.2 Å². The Kier molecular flexibility index (Phi) is 1.91. The van der Waals surface area contributed by atoms with E-state index in [1.165, 1.54) is 6.39 Å². The Morgan fingerprint density at radius 1 is 1.46 bits per heavy atom. The minimum Gasteiger partial charge on any atom is -0.481 e. The van der Waals surface area contributed by atoms with Gasteiger partial charge < -0.3 is 9.15 Å². The molecule has 66 valence electrons. The Balaban J connectivity index is 2.41. The first-order chi connectivity index (χ1) is 6.40. The molecule has 0 N–H and O–H groups in total. The topological polar surface area (TPSA) is 61.0 Å². The summed E-state index contributed by atoms with van der Waals surface area (Å²) < 4.78 is 9.97. The first-order valence-electron chi connectivity index (χ1n) is 3.67. The summed E-state index contributed by atoms with van der Waals surface area (Å²) >= 11 is 0. The number of aromatic nitrogens is 3. The van der Waals surface area contributed by atoms with E-state index < -0.39 is 0 Å². The summed E-state index contributed by atoms with van der Waals surface area (Å²) in [5, 5.41) is 7.34. The number of nitrogens with zero attached hydrogens (tertiary/aromatic N) is 3. The molecule has 0 aliphatic carbocycles. The standard InChI is InChI=1S/C8H7N3O2/c1-12-7-4-6(2-3-9-7)8-11-10-5-13-8/h2-5H,1H3. The Labute approximate surface area is 74.4 Å². The number of pyridine rings is 1. The van der Waals surface area contributed by atoms with Crippen molar-refractivity contribution >= 4 is 0 Å². The Morgan fingerprint density at radius 3 is 3.08 bits per heavy atom. The van der Waals surface area contributed by atoms with Crippen molar-refractivity contribution < 1.29 is 9.15 Å². The van der Waals surface area contributed by atoms with Crippen LogP contribution in [0.15, 0.2) is 29.1 Å². The Morgan fingerprint density at radius 2 is 2.38 bits per heavy atom. The van der Waals surface area contributed by atoms with Crippen LogP contribution in [0.1, 0.15) is 0 Å². The first-order valence-corrected chi connectivity index (χ1v) is 3.67. The zero-order valence-electron chi connectivity index (χ0n) is 6.97. The minimum absolute atomic E-state index is 0.459. The minimum atomic E-state index is 0.459. The first kappa shape index (κ1) is 7.72. The van der Waals surface area contributed by atoms with E-state index >= 15 is 0 Å². The van der Waals surface area contributed by atoms with Crippen molar-refractivity contribution in [1.82, 2.24) is 15.2 Å². The molecule has 13 heavy (non-hydrogen) atoms. The van der Waals surface area contributed by atoms with Crippen LogP contribution in [0.25, 0.3) is 11.5 Å². The molecular formula is C8H7N3O2. The molecular weight excluding hydrogens is 170 g/mol. The van der Waals surface area contributed by atoms with Crippen LogP contribution in [0.2, 0.25) is 0 Å². The number of ether oxygens (including phenoxy) is 1. The molecule has 0 spiro atoms. The predicted octanol–water partition coefficient (Wildman–Crippen LogP) is 1.14. The van der Waals surface area contributed by atoms with Crippen molar-refractivity contribution in [3.8, 4) is 17.3 Å².